The number of hydrogen-bond acceptors (Lipinski definition) is 4. The Balaban J connectivity index is 2.97. The molecular formula is C9H12FN3O3. The van der Waals surface area contributed by atoms with Gasteiger partial charge in [0.25, 0.3) is 0 Å². The normalized spacial score (nSPS) is 12.5. The summed E-state index contributed by atoms with van der Waals surface area (Å²) in [6.45, 7) is 3.34. The number of aliphatic carboxylic acids is 1. The first-order chi connectivity index (χ1) is 7.41. The van der Waals surface area contributed by atoms with E-state index in [1.54, 1.807) is 13.8 Å². The molecule has 6 nitrogen and oxygen atoms in total. The zero-order chi connectivity index (χ0) is 12.3. The van der Waals surface area contributed by atoms with Crippen molar-refractivity contribution in [3.63, 3.8) is 0 Å². The third kappa shape index (κ3) is 2.78. The summed E-state index contributed by atoms with van der Waals surface area (Å²) in [7, 11) is 0. The molecule has 0 fully saturated rings. The van der Waals surface area contributed by atoms with Crippen LogP contribution in [0.2, 0.25) is 0 Å². The molecule has 0 bridgehead atoms. The lowest BCUT2D eigenvalue weighted by Crippen LogP contribution is -2.35. The summed E-state index contributed by atoms with van der Waals surface area (Å²) >= 11 is 0. The topological polar surface area (TPSA) is 95.1 Å². The van der Waals surface area contributed by atoms with E-state index < -0.39 is 23.5 Å². The van der Waals surface area contributed by atoms with Crippen molar-refractivity contribution in [3.05, 3.63) is 22.5 Å². The quantitative estimate of drug-likeness (QED) is 0.695. The van der Waals surface area contributed by atoms with Crippen molar-refractivity contribution in [1.29, 1.82) is 0 Å². The molecule has 0 spiro atoms. The average molecular weight is 229 g/mol. The van der Waals surface area contributed by atoms with E-state index in [1.165, 1.54) is 0 Å². The molecule has 1 unspecified atom stereocenters. The van der Waals surface area contributed by atoms with Gasteiger partial charge in [0.1, 0.15) is 11.9 Å². The maximum Gasteiger partial charge on any atom is 0.346 e. The van der Waals surface area contributed by atoms with Gasteiger partial charge in [0.15, 0.2) is 5.82 Å². The third-order valence-electron chi connectivity index (χ3n) is 2.00. The highest BCUT2D eigenvalue weighted by Gasteiger charge is 2.22. The highest BCUT2D eigenvalue weighted by molar-refractivity contribution is 5.77. The van der Waals surface area contributed by atoms with Gasteiger partial charge in [0.2, 0.25) is 0 Å². The van der Waals surface area contributed by atoms with Crippen LogP contribution in [0.5, 0.6) is 0 Å². The van der Waals surface area contributed by atoms with Crippen molar-refractivity contribution in [3.8, 4) is 0 Å². The highest BCUT2D eigenvalue weighted by Crippen LogP contribution is 2.12. The van der Waals surface area contributed by atoms with E-state index in [1.807, 2.05) is 0 Å². The summed E-state index contributed by atoms with van der Waals surface area (Å²) < 4.78 is 13.2. The molecule has 1 aromatic rings. The van der Waals surface area contributed by atoms with Gasteiger partial charge in [-0.3, -0.25) is 4.98 Å². The molecule has 1 aromatic heterocycles. The fourth-order valence-electron chi connectivity index (χ4n) is 1.15. The van der Waals surface area contributed by atoms with Crippen LogP contribution in [-0.2, 0) is 4.79 Å². The van der Waals surface area contributed by atoms with Gasteiger partial charge in [-0.2, -0.15) is 4.98 Å². The fraction of sp³-hybridized carbons (Fsp3) is 0.444. The second-order valence-electron chi connectivity index (χ2n) is 3.62. The Morgan fingerprint density at radius 2 is 2.25 bits per heavy atom. The van der Waals surface area contributed by atoms with E-state index in [0.717, 1.165) is 6.20 Å². The second-order valence-corrected chi connectivity index (χ2v) is 3.62. The van der Waals surface area contributed by atoms with Crippen LogP contribution in [0.3, 0.4) is 0 Å². The lowest BCUT2D eigenvalue weighted by molar-refractivity contribution is -0.138. The molecule has 7 heteroatoms. The molecular weight excluding hydrogens is 217 g/mol. The summed E-state index contributed by atoms with van der Waals surface area (Å²) in [6.07, 6.45) is 0.737. The smallest absolute Gasteiger partial charge is 0.346 e. The first-order valence-corrected chi connectivity index (χ1v) is 4.66. The number of aromatic nitrogens is 2. The zero-order valence-electron chi connectivity index (χ0n) is 8.82. The van der Waals surface area contributed by atoms with Gasteiger partial charge in [-0.1, -0.05) is 13.8 Å². The number of halogens is 1. The molecule has 0 aliphatic rings. The van der Waals surface area contributed by atoms with Crippen LogP contribution in [0.25, 0.3) is 0 Å². The van der Waals surface area contributed by atoms with Gasteiger partial charge in [0, 0.05) is 0 Å². The largest absolute Gasteiger partial charge is 0.480 e. The Labute approximate surface area is 90.5 Å². The number of carboxylic acid groups (broad SMARTS) is 1. The minimum Gasteiger partial charge on any atom is -0.480 e. The van der Waals surface area contributed by atoms with Crippen LogP contribution in [-0.4, -0.2) is 27.1 Å². The lowest BCUT2D eigenvalue weighted by atomic mass is 10.1. The Hall–Kier alpha value is -1.92. The summed E-state index contributed by atoms with van der Waals surface area (Å²) in [5.41, 5.74) is -0.739. The Kier molecular flexibility index (Phi) is 3.60. The van der Waals surface area contributed by atoms with Crippen LogP contribution < -0.4 is 11.0 Å². The van der Waals surface area contributed by atoms with Gasteiger partial charge in [-0.05, 0) is 5.92 Å². The number of anilines is 1. The standard InChI is InChI=1S/C9H12FN3O3/c1-4(2)6(8(14)15)12-7-5(10)3-11-9(16)13-7/h3-4,6H,1-2H3,(H,14,15)(H2,11,12,13,16). The van der Waals surface area contributed by atoms with Crippen molar-refractivity contribution in [2.24, 2.45) is 5.92 Å². The summed E-state index contributed by atoms with van der Waals surface area (Å²) in [4.78, 5) is 27.0. The van der Waals surface area contributed by atoms with Crippen LogP contribution in [0.15, 0.2) is 11.0 Å². The third-order valence-corrected chi connectivity index (χ3v) is 2.00. The van der Waals surface area contributed by atoms with Gasteiger partial charge >= 0.3 is 11.7 Å². The maximum atomic E-state index is 13.2. The molecule has 0 radical (unpaired) electrons. The summed E-state index contributed by atoms with van der Waals surface area (Å²) in [5.74, 6) is -2.44. The van der Waals surface area contributed by atoms with Crippen molar-refractivity contribution in [2.75, 3.05) is 5.32 Å². The molecule has 16 heavy (non-hydrogen) atoms. The van der Waals surface area contributed by atoms with Crippen LogP contribution in [0.4, 0.5) is 10.2 Å². The maximum absolute atomic E-state index is 13.2. The molecule has 3 N–H and O–H groups in total. The summed E-state index contributed by atoms with van der Waals surface area (Å²) in [5, 5.41) is 11.3. The molecule has 0 saturated heterocycles. The van der Waals surface area contributed by atoms with Crippen molar-refractivity contribution >= 4 is 11.8 Å². The second kappa shape index (κ2) is 4.73. The molecule has 0 amide bonds. The fourth-order valence-corrected chi connectivity index (χ4v) is 1.15. The molecule has 0 aliphatic heterocycles. The van der Waals surface area contributed by atoms with E-state index in [-0.39, 0.29) is 11.7 Å². The van der Waals surface area contributed by atoms with E-state index in [4.69, 9.17) is 5.11 Å². The SMILES string of the molecule is CC(C)C(Nc1[nH]c(=O)ncc1F)C(=O)O. The number of rotatable bonds is 4. The molecule has 0 aliphatic carbocycles. The molecule has 88 valence electrons. The van der Waals surface area contributed by atoms with E-state index in [0.29, 0.717) is 0 Å². The molecule has 0 saturated carbocycles. The zero-order valence-corrected chi connectivity index (χ0v) is 8.82. The van der Waals surface area contributed by atoms with E-state index >= 15 is 0 Å². The van der Waals surface area contributed by atoms with Crippen molar-refractivity contribution < 1.29 is 14.3 Å². The molecule has 1 atom stereocenters. The monoisotopic (exact) mass is 229 g/mol. The minimum atomic E-state index is -1.12. The van der Waals surface area contributed by atoms with Gasteiger partial charge in [-0.25, -0.2) is 14.0 Å². The van der Waals surface area contributed by atoms with Crippen molar-refractivity contribution in [1.82, 2.24) is 9.97 Å². The Bertz CT molecular complexity index is 444. The lowest BCUT2D eigenvalue weighted by Gasteiger charge is -2.18. The van der Waals surface area contributed by atoms with E-state index in [2.05, 4.69) is 15.3 Å². The number of aromatic amines is 1. The van der Waals surface area contributed by atoms with Crippen LogP contribution in [0.1, 0.15) is 13.8 Å². The number of nitrogens with one attached hydrogen (secondary N) is 2. The van der Waals surface area contributed by atoms with Gasteiger partial charge < -0.3 is 10.4 Å². The summed E-state index contributed by atoms with van der Waals surface area (Å²) in [6, 6.07) is -0.979. The van der Waals surface area contributed by atoms with Gasteiger partial charge in [-0.15, -0.1) is 0 Å². The Morgan fingerprint density at radius 1 is 1.62 bits per heavy atom. The highest BCUT2D eigenvalue weighted by atomic mass is 19.1. The minimum absolute atomic E-state index is 0.256. The number of carbonyl (C=O) groups is 1. The predicted molar refractivity (Wildman–Crippen MR) is 54.7 cm³/mol. The Morgan fingerprint density at radius 3 is 2.75 bits per heavy atom. The first kappa shape index (κ1) is 12.2. The molecule has 1 rings (SSSR count). The molecule has 0 aromatic carbocycles. The molecule has 1 heterocycles. The number of carboxylic acids is 1. The van der Waals surface area contributed by atoms with Crippen LogP contribution in [0, 0.1) is 11.7 Å². The first-order valence-electron chi connectivity index (χ1n) is 4.66. The average Bonchev–Trinajstić information content (AvgIpc) is 2.18. The van der Waals surface area contributed by atoms with Gasteiger partial charge in [0.05, 0.1) is 6.20 Å². The van der Waals surface area contributed by atoms with E-state index in [9.17, 15) is 14.0 Å². The number of nitrogens with zero attached hydrogens (tertiary/aromatic N) is 1. The van der Waals surface area contributed by atoms with Crippen LogP contribution >= 0.6 is 0 Å². The number of H-pyrrole nitrogens is 1. The van der Waals surface area contributed by atoms with Crippen molar-refractivity contribution in [2.45, 2.75) is 19.9 Å². The number of hydrogen-bond donors (Lipinski definition) is 3. The predicted octanol–water partition coefficient (Wildman–Crippen LogP) is 0.430.